The summed E-state index contributed by atoms with van der Waals surface area (Å²) >= 11 is 0. The van der Waals surface area contributed by atoms with E-state index >= 15 is 0 Å². The number of unbranched alkanes of at least 4 members (excludes halogenated alkanes) is 22. The van der Waals surface area contributed by atoms with Gasteiger partial charge in [0.25, 0.3) is 0 Å². The van der Waals surface area contributed by atoms with Crippen LogP contribution in [0.4, 0.5) is 0 Å². The van der Waals surface area contributed by atoms with Gasteiger partial charge in [-0.2, -0.15) is 13.1 Å². The topological polar surface area (TPSA) is 111 Å². The van der Waals surface area contributed by atoms with Crippen molar-refractivity contribution in [1.82, 2.24) is 9.62 Å². The molecule has 0 fully saturated rings. The van der Waals surface area contributed by atoms with Crippen molar-refractivity contribution in [3.8, 4) is 0 Å². The summed E-state index contributed by atoms with van der Waals surface area (Å²) in [5.74, 6) is -0.824. The van der Waals surface area contributed by atoms with Crippen molar-refractivity contribution in [2.24, 2.45) is 0 Å². The van der Waals surface area contributed by atoms with Crippen LogP contribution < -0.4 is 4.72 Å². The van der Waals surface area contributed by atoms with Crippen LogP contribution in [0.5, 0.6) is 0 Å². The zero-order chi connectivity index (χ0) is 39.1. The summed E-state index contributed by atoms with van der Waals surface area (Å²) in [4.78, 5) is 26.9. The van der Waals surface area contributed by atoms with Gasteiger partial charge >= 0.3 is 22.2 Å². The largest absolute Gasteiger partial charge is 0.462 e. The second-order valence-corrected chi connectivity index (χ2v) is 16.3. The first-order valence-electron chi connectivity index (χ1n) is 21.6. The van der Waals surface area contributed by atoms with Crippen LogP contribution in [0.15, 0.2) is 24.3 Å². The second-order valence-electron chi connectivity index (χ2n) is 14.9. The maximum absolute atomic E-state index is 12.6. The van der Waals surface area contributed by atoms with E-state index in [4.69, 9.17) is 13.7 Å². The van der Waals surface area contributed by atoms with Crippen LogP contribution in [-0.2, 0) is 33.6 Å². The molecule has 0 aromatic rings. The number of nitrogens with one attached hydrogen (secondary N) is 1. The summed E-state index contributed by atoms with van der Waals surface area (Å²) in [6.45, 7) is 4.52. The number of rotatable bonds is 40. The molecule has 53 heavy (non-hydrogen) atoms. The fourth-order valence-electron chi connectivity index (χ4n) is 5.90. The van der Waals surface area contributed by atoms with Gasteiger partial charge in [-0.1, -0.05) is 141 Å². The van der Waals surface area contributed by atoms with Crippen molar-refractivity contribution < 1.29 is 31.7 Å². The molecule has 0 bridgehead atoms. The fraction of sp³-hybridized carbons (Fsp3) is 0.860. The summed E-state index contributed by atoms with van der Waals surface area (Å²) in [6, 6.07) is 0. The lowest BCUT2D eigenvalue weighted by atomic mass is 10.1. The van der Waals surface area contributed by atoms with Crippen molar-refractivity contribution in [2.75, 3.05) is 40.4 Å². The van der Waals surface area contributed by atoms with Gasteiger partial charge in [0.1, 0.15) is 13.2 Å². The van der Waals surface area contributed by atoms with Gasteiger partial charge in [0.05, 0.1) is 0 Å². The Morgan fingerprint density at radius 3 is 1.40 bits per heavy atom. The molecule has 0 rings (SSSR count). The normalized spacial score (nSPS) is 12.7. The molecular weight excluding hydrogens is 689 g/mol. The highest BCUT2D eigenvalue weighted by Gasteiger charge is 2.21. The lowest BCUT2D eigenvalue weighted by Gasteiger charge is -2.18. The predicted molar refractivity (Wildman–Crippen MR) is 221 cm³/mol. The van der Waals surface area contributed by atoms with E-state index in [1.807, 2.05) is 19.0 Å². The third-order valence-electron chi connectivity index (χ3n) is 9.26. The summed E-state index contributed by atoms with van der Waals surface area (Å²) in [5, 5.41) is 0. The number of hydrogen-bond acceptors (Lipinski definition) is 8. The highest BCUT2D eigenvalue weighted by Crippen LogP contribution is 2.13. The summed E-state index contributed by atoms with van der Waals surface area (Å²) in [5.41, 5.74) is 0. The van der Waals surface area contributed by atoms with Crippen LogP contribution in [0.2, 0.25) is 0 Å². The first-order chi connectivity index (χ1) is 25.7. The van der Waals surface area contributed by atoms with Gasteiger partial charge in [0.2, 0.25) is 0 Å². The number of ether oxygens (including phenoxy) is 2. The van der Waals surface area contributed by atoms with E-state index in [0.29, 0.717) is 13.0 Å². The minimum absolute atomic E-state index is 0.181. The molecular formula is C43H82N2O7S. The predicted octanol–water partition coefficient (Wildman–Crippen LogP) is 10.9. The summed E-state index contributed by atoms with van der Waals surface area (Å²) in [6.07, 6.45) is 39.3. The molecule has 0 aromatic carbocycles. The Labute approximate surface area is 327 Å². The van der Waals surface area contributed by atoms with Crippen LogP contribution in [0, 0.1) is 0 Å². The molecule has 0 aliphatic carbocycles. The molecule has 0 amide bonds. The number of nitrogens with zero attached hydrogens (tertiary/aromatic N) is 1. The van der Waals surface area contributed by atoms with Crippen molar-refractivity contribution in [3.63, 3.8) is 0 Å². The molecule has 9 nitrogen and oxygen atoms in total. The maximum atomic E-state index is 12.6. The average molecular weight is 771 g/mol. The highest BCUT2D eigenvalue weighted by molar-refractivity contribution is 7.84. The number of hydrogen-bond donors (Lipinski definition) is 1. The Morgan fingerprint density at radius 1 is 0.566 bits per heavy atom. The molecule has 10 heteroatoms. The molecule has 0 aliphatic rings. The van der Waals surface area contributed by atoms with Gasteiger partial charge in [-0.05, 0) is 78.3 Å². The van der Waals surface area contributed by atoms with Crippen LogP contribution in [0.3, 0.4) is 0 Å². The van der Waals surface area contributed by atoms with E-state index < -0.39 is 29.0 Å². The molecule has 1 unspecified atom stereocenters. The van der Waals surface area contributed by atoms with Crippen molar-refractivity contribution >= 4 is 22.2 Å². The van der Waals surface area contributed by atoms with Gasteiger partial charge in [0.15, 0.2) is 6.10 Å². The Morgan fingerprint density at radius 2 is 0.962 bits per heavy atom. The molecule has 0 heterocycles. The van der Waals surface area contributed by atoms with E-state index in [2.05, 4.69) is 42.9 Å². The standard InChI is InChI=1S/C43H82N2O7S/c1-5-7-9-11-13-15-17-19-21-23-25-27-29-31-33-35-42(46)50-39-41(40-51-53(48,49)44-37-38-45(3)4)52-43(47)36-34-32-30-28-26-24-22-20-18-16-14-12-10-8-6-2/h19-22,41,44H,5-18,23-40H2,1-4H3/b21-19-,22-20-. The summed E-state index contributed by atoms with van der Waals surface area (Å²) < 4.78 is 43.1. The Hall–Kier alpha value is -1.75. The third-order valence-corrected chi connectivity index (χ3v) is 10.3. The summed E-state index contributed by atoms with van der Waals surface area (Å²) in [7, 11) is -0.367. The van der Waals surface area contributed by atoms with Crippen molar-refractivity contribution in [2.45, 2.75) is 200 Å². The molecule has 0 aliphatic heterocycles. The van der Waals surface area contributed by atoms with Crippen LogP contribution in [0.25, 0.3) is 0 Å². The van der Waals surface area contributed by atoms with Crippen molar-refractivity contribution in [1.29, 1.82) is 0 Å². The molecule has 0 radical (unpaired) electrons. The van der Waals surface area contributed by atoms with Crippen LogP contribution in [-0.4, -0.2) is 71.8 Å². The number of carbonyl (C=O) groups is 2. The zero-order valence-electron chi connectivity index (χ0n) is 34.7. The van der Waals surface area contributed by atoms with Gasteiger partial charge in [0, 0.05) is 25.9 Å². The maximum Gasteiger partial charge on any atom is 0.336 e. The molecule has 0 saturated heterocycles. The van der Waals surface area contributed by atoms with Gasteiger partial charge in [-0.15, -0.1) is 0 Å². The van der Waals surface area contributed by atoms with Crippen LogP contribution in [0.1, 0.15) is 194 Å². The lowest BCUT2D eigenvalue weighted by molar-refractivity contribution is -0.161. The molecule has 0 spiro atoms. The SMILES string of the molecule is CCCCCCCC/C=C\CCCCCCCC(=O)OCC(COS(=O)(=O)NCCN(C)C)OC(=O)CCCCCCC/C=C\CCCCCCCC. The molecule has 1 N–H and O–H groups in total. The lowest BCUT2D eigenvalue weighted by Crippen LogP contribution is -2.36. The van der Waals surface area contributed by atoms with Gasteiger partial charge < -0.3 is 14.4 Å². The third kappa shape index (κ3) is 39.7. The van der Waals surface area contributed by atoms with Gasteiger partial charge in [-0.3, -0.25) is 13.8 Å². The van der Waals surface area contributed by atoms with E-state index in [1.54, 1.807) is 0 Å². The smallest absolute Gasteiger partial charge is 0.336 e. The number of allylic oxidation sites excluding steroid dienone is 4. The number of esters is 2. The first-order valence-corrected chi connectivity index (χ1v) is 23.0. The van der Waals surface area contributed by atoms with E-state index in [-0.39, 0.29) is 32.0 Å². The van der Waals surface area contributed by atoms with Crippen LogP contribution >= 0.6 is 0 Å². The van der Waals surface area contributed by atoms with Gasteiger partial charge in [-0.25, -0.2) is 0 Å². The molecule has 1 atom stereocenters. The molecule has 0 aromatic heterocycles. The number of likely N-dealkylation sites (N-methyl/N-ethyl adjacent to an activating group) is 1. The Kier molecular flexibility index (Phi) is 37.2. The average Bonchev–Trinajstić information content (AvgIpc) is 3.12. The first kappa shape index (κ1) is 51.2. The molecule has 0 saturated carbocycles. The zero-order valence-corrected chi connectivity index (χ0v) is 35.5. The number of carbonyl (C=O) groups excluding carboxylic acids is 2. The Balaban J connectivity index is 4.32. The van der Waals surface area contributed by atoms with E-state index in [9.17, 15) is 18.0 Å². The minimum Gasteiger partial charge on any atom is -0.462 e. The molecule has 312 valence electrons. The fourth-order valence-corrected chi connectivity index (χ4v) is 6.66. The monoisotopic (exact) mass is 771 g/mol. The van der Waals surface area contributed by atoms with Crippen molar-refractivity contribution in [3.05, 3.63) is 24.3 Å². The minimum atomic E-state index is -4.05. The second kappa shape index (κ2) is 38.5. The van der Waals surface area contributed by atoms with E-state index in [0.717, 1.165) is 70.6 Å². The Bertz CT molecular complexity index is 1000. The highest BCUT2D eigenvalue weighted by atomic mass is 32.2. The quantitative estimate of drug-likeness (QED) is 0.0372. The van der Waals surface area contributed by atoms with E-state index in [1.165, 1.54) is 89.9 Å².